The minimum Gasteiger partial charge on any atom is -0.466 e. The normalized spacial score (nSPS) is 25.9. The van der Waals surface area contributed by atoms with E-state index in [-0.39, 0.29) is 35.3 Å². The van der Waals surface area contributed by atoms with Crippen LogP contribution in [0.5, 0.6) is 0 Å². The molecule has 2 aliphatic rings. The lowest BCUT2D eigenvalue weighted by molar-refractivity contribution is -0.533. The van der Waals surface area contributed by atoms with Gasteiger partial charge in [0.1, 0.15) is 0 Å². The van der Waals surface area contributed by atoms with Crippen LogP contribution in [0, 0.1) is 28.9 Å². The summed E-state index contributed by atoms with van der Waals surface area (Å²) >= 11 is 0. The molecule has 0 amide bonds. The van der Waals surface area contributed by atoms with Gasteiger partial charge in [0.15, 0.2) is 0 Å². The van der Waals surface area contributed by atoms with E-state index >= 15 is 0 Å². The molecule has 1 saturated carbocycles. The van der Waals surface area contributed by atoms with Gasteiger partial charge in [-0.3, -0.25) is 14.9 Å². The first kappa shape index (κ1) is 22.7. The number of aryl methyl sites for hydroxylation is 1. The highest BCUT2D eigenvalue weighted by Gasteiger charge is 2.57. The molecule has 1 aliphatic carbocycles. The van der Waals surface area contributed by atoms with Gasteiger partial charge in [0.2, 0.25) is 16.1 Å². The van der Waals surface area contributed by atoms with Gasteiger partial charge in [-0.1, -0.05) is 37.0 Å². The molecular formula is C21H30N2O6S. The Balaban J connectivity index is 2.00. The highest BCUT2D eigenvalue weighted by molar-refractivity contribution is 7.89. The first-order chi connectivity index (χ1) is 14.3. The van der Waals surface area contributed by atoms with Crippen LogP contribution in [-0.2, 0) is 19.6 Å². The molecule has 1 saturated heterocycles. The quantitative estimate of drug-likeness (QED) is 0.368. The molecule has 3 atom stereocenters. The third-order valence-corrected chi connectivity index (χ3v) is 8.20. The van der Waals surface area contributed by atoms with Crippen molar-refractivity contribution in [1.82, 2.24) is 4.31 Å². The average molecular weight is 439 g/mol. The van der Waals surface area contributed by atoms with Crippen LogP contribution in [0.1, 0.15) is 51.0 Å². The number of rotatable bonds is 7. The van der Waals surface area contributed by atoms with E-state index in [0.717, 1.165) is 37.7 Å². The Bertz CT molecular complexity index is 864. The van der Waals surface area contributed by atoms with Crippen LogP contribution in [-0.4, -0.2) is 48.9 Å². The molecule has 30 heavy (non-hydrogen) atoms. The summed E-state index contributed by atoms with van der Waals surface area (Å²) in [6.07, 6.45) is 4.31. The number of carbonyl (C=O) groups excluding carboxylic acids is 1. The highest BCUT2D eigenvalue weighted by Crippen LogP contribution is 2.41. The van der Waals surface area contributed by atoms with E-state index in [4.69, 9.17) is 4.74 Å². The maximum Gasteiger partial charge on any atom is 0.306 e. The number of sulfonamides is 1. The molecule has 0 N–H and O–H groups in total. The molecule has 3 rings (SSSR count). The molecule has 8 nitrogen and oxygen atoms in total. The summed E-state index contributed by atoms with van der Waals surface area (Å²) in [7, 11) is -3.92. The van der Waals surface area contributed by atoms with Crippen LogP contribution < -0.4 is 0 Å². The van der Waals surface area contributed by atoms with Gasteiger partial charge in [-0.15, -0.1) is 0 Å². The summed E-state index contributed by atoms with van der Waals surface area (Å²) in [5.41, 5.74) is 0.933. The Morgan fingerprint density at radius 3 is 2.40 bits per heavy atom. The second kappa shape index (κ2) is 9.43. The molecule has 0 aromatic heterocycles. The van der Waals surface area contributed by atoms with Gasteiger partial charge < -0.3 is 4.74 Å². The third-order valence-electron chi connectivity index (χ3n) is 6.32. The first-order valence-electron chi connectivity index (χ1n) is 10.6. The number of hydrogen-bond donors (Lipinski definition) is 0. The molecule has 0 unspecified atom stereocenters. The molecule has 1 aliphatic heterocycles. The summed E-state index contributed by atoms with van der Waals surface area (Å²) < 4.78 is 33.3. The minimum absolute atomic E-state index is 0.0398. The number of nitrogens with zero attached hydrogens (tertiary/aromatic N) is 2. The van der Waals surface area contributed by atoms with Crippen molar-refractivity contribution in [3.8, 4) is 0 Å². The van der Waals surface area contributed by atoms with E-state index in [1.54, 1.807) is 31.2 Å². The lowest BCUT2D eigenvalue weighted by atomic mass is 9.80. The van der Waals surface area contributed by atoms with Crippen molar-refractivity contribution in [1.29, 1.82) is 0 Å². The minimum atomic E-state index is -3.92. The van der Waals surface area contributed by atoms with Crippen molar-refractivity contribution in [3.63, 3.8) is 0 Å². The molecule has 0 bridgehead atoms. The lowest BCUT2D eigenvalue weighted by Crippen LogP contribution is -2.48. The van der Waals surface area contributed by atoms with E-state index in [2.05, 4.69) is 0 Å². The number of esters is 1. The van der Waals surface area contributed by atoms with Crippen LogP contribution in [0.4, 0.5) is 0 Å². The molecule has 2 fully saturated rings. The van der Waals surface area contributed by atoms with E-state index in [1.807, 2.05) is 6.92 Å². The molecule has 0 radical (unpaired) electrons. The Hall–Kier alpha value is -2.00. The van der Waals surface area contributed by atoms with E-state index in [9.17, 15) is 23.3 Å². The third kappa shape index (κ3) is 4.67. The summed E-state index contributed by atoms with van der Waals surface area (Å²) in [6.45, 7) is 3.69. The van der Waals surface area contributed by atoms with E-state index in [1.165, 1.54) is 4.31 Å². The number of benzene rings is 1. The van der Waals surface area contributed by atoms with E-state index in [0.29, 0.717) is 0 Å². The lowest BCUT2D eigenvalue weighted by Gasteiger charge is -2.33. The monoisotopic (exact) mass is 438 g/mol. The Morgan fingerprint density at radius 2 is 1.83 bits per heavy atom. The summed E-state index contributed by atoms with van der Waals surface area (Å²) in [5, 5.41) is 12.1. The fourth-order valence-corrected chi connectivity index (χ4v) is 6.68. The second-order valence-corrected chi connectivity index (χ2v) is 10.2. The summed E-state index contributed by atoms with van der Waals surface area (Å²) in [4.78, 5) is 23.9. The average Bonchev–Trinajstić information content (AvgIpc) is 3.09. The van der Waals surface area contributed by atoms with Crippen LogP contribution in [0.2, 0.25) is 0 Å². The van der Waals surface area contributed by atoms with Gasteiger partial charge in [0.25, 0.3) is 0 Å². The van der Waals surface area contributed by atoms with Crippen LogP contribution >= 0.6 is 0 Å². The number of hydrogen-bond acceptors (Lipinski definition) is 6. The fourth-order valence-electron chi connectivity index (χ4n) is 4.92. The number of ether oxygens (including phenoxy) is 1. The number of nitro groups is 1. The van der Waals surface area contributed by atoms with E-state index < -0.39 is 34.0 Å². The molecular weight excluding hydrogens is 408 g/mol. The SMILES string of the molecule is CCOC(=O)C[C@H]1CN(S(=O)(=O)c2ccc(C)cc2)[C@H](C2CCCCC2)[C@H]1[N+](=O)[O-]. The molecule has 1 aromatic carbocycles. The van der Waals surface area contributed by atoms with Crippen molar-refractivity contribution in [2.24, 2.45) is 11.8 Å². The predicted molar refractivity (Wildman–Crippen MR) is 111 cm³/mol. The van der Waals surface area contributed by atoms with Gasteiger partial charge in [-0.05, 0) is 44.7 Å². The van der Waals surface area contributed by atoms with Crippen molar-refractivity contribution >= 4 is 16.0 Å². The van der Waals surface area contributed by atoms with Crippen LogP contribution in [0.3, 0.4) is 0 Å². The van der Waals surface area contributed by atoms with Crippen LogP contribution in [0.15, 0.2) is 29.2 Å². The van der Waals surface area contributed by atoms with Crippen molar-refractivity contribution < 1.29 is 22.9 Å². The van der Waals surface area contributed by atoms with Crippen molar-refractivity contribution in [2.75, 3.05) is 13.2 Å². The van der Waals surface area contributed by atoms with Gasteiger partial charge >= 0.3 is 5.97 Å². The zero-order chi connectivity index (χ0) is 21.9. The topological polar surface area (TPSA) is 107 Å². The van der Waals surface area contributed by atoms with Gasteiger partial charge in [0, 0.05) is 11.5 Å². The molecule has 1 aromatic rings. The number of carbonyl (C=O) groups is 1. The summed E-state index contributed by atoms with van der Waals surface area (Å²) in [5.74, 6) is -1.31. The smallest absolute Gasteiger partial charge is 0.306 e. The predicted octanol–water partition coefficient (Wildman–Crippen LogP) is 3.16. The Morgan fingerprint density at radius 1 is 1.20 bits per heavy atom. The summed E-state index contributed by atoms with van der Waals surface area (Å²) in [6, 6.07) is 4.67. The fraction of sp³-hybridized carbons (Fsp3) is 0.667. The highest BCUT2D eigenvalue weighted by atomic mass is 32.2. The van der Waals surface area contributed by atoms with Gasteiger partial charge in [0.05, 0.1) is 29.9 Å². The second-order valence-electron chi connectivity index (χ2n) is 8.32. The standard InChI is InChI=1S/C21H30N2O6S/c1-3-29-19(24)13-17-14-22(30(27,28)18-11-9-15(2)10-12-18)20(21(17)23(25)26)16-7-5-4-6-8-16/h9-12,16-17,20-21H,3-8,13-14H2,1-2H3/t17-,20+,21-/m0/s1. The molecule has 9 heteroatoms. The van der Waals surface area contributed by atoms with Gasteiger partial charge in [-0.25, -0.2) is 8.42 Å². The molecule has 0 spiro atoms. The molecule has 166 valence electrons. The van der Waals surface area contributed by atoms with Crippen molar-refractivity contribution in [3.05, 3.63) is 39.9 Å². The zero-order valence-corrected chi connectivity index (χ0v) is 18.3. The van der Waals surface area contributed by atoms with Crippen LogP contribution in [0.25, 0.3) is 0 Å². The Labute approximate surface area is 177 Å². The first-order valence-corrected chi connectivity index (χ1v) is 12.1. The molecule has 1 heterocycles. The van der Waals surface area contributed by atoms with Crippen molar-refractivity contribution in [2.45, 2.75) is 69.4 Å². The van der Waals surface area contributed by atoms with Gasteiger partial charge in [-0.2, -0.15) is 4.31 Å². The maximum atomic E-state index is 13.5. The maximum absolute atomic E-state index is 13.5. The Kier molecular flexibility index (Phi) is 7.13. The largest absolute Gasteiger partial charge is 0.466 e. The zero-order valence-electron chi connectivity index (χ0n) is 17.5.